The molecular formula is C29H31ClN2O12. The van der Waals surface area contributed by atoms with Crippen LogP contribution in [0.3, 0.4) is 0 Å². The van der Waals surface area contributed by atoms with E-state index in [9.17, 15) is 40.9 Å². The number of aliphatic hydroxyl groups is 8. The predicted molar refractivity (Wildman–Crippen MR) is 153 cm³/mol. The van der Waals surface area contributed by atoms with Gasteiger partial charge in [-0.2, -0.15) is 0 Å². The van der Waals surface area contributed by atoms with Gasteiger partial charge < -0.3 is 64.8 Å². The molecule has 0 bridgehead atoms. The molecule has 0 amide bonds. The van der Waals surface area contributed by atoms with Gasteiger partial charge in [-0.15, -0.1) is 0 Å². The Balaban J connectivity index is 1.29. The van der Waals surface area contributed by atoms with E-state index in [0.29, 0.717) is 38.1 Å². The fourth-order valence-corrected chi connectivity index (χ4v) is 5.59. The van der Waals surface area contributed by atoms with Gasteiger partial charge in [0.1, 0.15) is 60.1 Å². The molecule has 44 heavy (non-hydrogen) atoms. The Morgan fingerprint density at radius 3 is 2.00 bits per heavy atom. The van der Waals surface area contributed by atoms with Gasteiger partial charge in [0.15, 0.2) is 5.88 Å². The molecule has 2 aliphatic heterocycles. The zero-order chi connectivity index (χ0) is 31.3. The van der Waals surface area contributed by atoms with Gasteiger partial charge in [0.25, 0.3) is 0 Å². The highest BCUT2D eigenvalue weighted by molar-refractivity contribution is 6.34. The topological polar surface area (TPSA) is 227 Å². The van der Waals surface area contributed by atoms with E-state index in [-0.39, 0.29) is 11.6 Å². The van der Waals surface area contributed by atoms with E-state index in [1.165, 1.54) is 0 Å². The number of aromatic amines is 1. The van der Waals surface area contributed by atoms with Crippen molar-refractivity contribution in [2.45, 2.75) is 61.4 Å². The summed E-state index contributed by atoms with van der Waals surface area (Å²) in [6.07, 6.45) is -14.5. The minimum absolute atomic E-state index is 0.166. The molecule has 2 saturated heterocycles. The monoisotopic (exact) mass is 634 g/mol. The van der Waals surface area contributed by atoms with Crippen LogP contribution in [0.2, 0.25) is 5.02 Å². The van der Waals surface area contributed by atoms with Crippen molar-refractivity contribution in [3.8, 4) is 22.9 Å². The van der Waals surface area contributed by atoms with Crippen molar-refractivity contribution < 1.29 is 59.8 Å². The largest absolute Gasteiger partial charge is 0.460 e. The van der Waals surface area contributed by atoms with Crippen molar-refractivity contribution in [3.05, 3.63) is 53.6 Å². The van der Waals surface area contributed by atoms with Gasteiger partial charge in [0.05, 0.1) is 23.9 Å². The Morgan fingerprint density at radius 1 is 0.727 bits per heavy atom. The number of hydrogen-bond acceptors (Lipinski definition) is 13. The first-order valence-electron chi connectivity index (χ1n) is 13.8. The van der Waals surface area contributed by atoms with E-state index >= 15 is 0 Å². The second-order valence-electron chi connectivity index (χ2n) is 10.7. The lowest BCUT2D eigenvalue weighted by Gasteiger charge is -2.39. The summed E-state index contributed by atoms with van der Waals surface area (Å²) in [6.45, 7) is -1.19. The van der Waals surface area contributed by atoms with E-state index in [1.807, 2.05) is 0 Å². The lowest BCUT2D eigenvalue weighted by molar-refractivity contribution is -0.278. The average molecular weight is 635 g/mol. The van der Waals surface area contributed by atoms with Crippen LogP contribution in [0, 0.1) is 0 Å². The summed E-state index contributed by atoms with van der Waals surface area (Å²) in [5.41, 5.74) is 1.97. The average Bonchev–Trinajstić information content (AvgIpc) is 3.41. The first kappa shape index (κ1) is 30.9. The third-order valence-corrected chi connectivity index (χ3v) is 8.14. The number of aromatic nitrogens is 2. The van der Waals surface area contributed by atoms with E-state index in [2.05, 4.69) is 4.98 Å². The van der Waals surface area contributed by atoms with Crippen LogP contribution in [0.1, 0.15) is 0 Å². The van der Waals surface area contributed by atoms with Crippen molar-refractivity contribution in [3.63, 3.8) is 0 Å². The fourth-order valence-electron chi connectivity index (χ4n) is 5.33. The normalized spacial score (nSPS) is 32.7. The summed E-state index contributed by atoms with van der Waals surface area (Å²) in [6, 6.07) is 13.7. The second kappa shape index (κ2) is 12.3. The highest BCUT2D eigenvalue weighted by Crippen LogP contribution is 2.36. The highest BCUT2D eigenvalue weighted by atomic mass is 35.5. The van der Waals surface area contributed by atoms with Crippen LogP contribution in [-0.2, 0) is 9.47 Å². The van der Waals surface area contributed by atoms with Crippen molar-refractivity contribution in [1.29, 1.82) is 0 Å². The van der Waals surface area contributed by atoms with Gasteiger partial charge in [0.2, 0.25) is 12.6 Å². The molecule has 0 spiro atoms. The number of ether oxygens (including phenoxy) is 4. The lowest BCUT2D eigenvalue weighted by atomic mass is 9.99. The molecule has 236 valence electrons. The molecule has 10 atom stereocenters. The number of fused-ring (bicyclic) bond motifs is 2. The summed E-state index contributed by atoms with van der Waals surface area (Å²) < 4.78 is 22.5. The van der Waals surface area contributed by atoms with Crippen molar-refractivity contribution in [2.24, 2.45) is 0 Å². The first-order valence-corrected chi connectivity index (χ1v) is 14.1. The summed E-state index contributed by atoms with van der Waals surface area (Å²) in [5.74, 6) is 0.377. The SMILES string of the molecule is OCC1OC(Oc2cc3cc(-c4ccc5cccc(OC6OC(CO)C(O)C(O)C6O)c5n4)c(Cl)cc3[nH]2)C(O)C(O)C1O. The minimum atomic E-state index is -1.61. The number of nitrogens with one attached hydrogen (secondary N) is 1. The molecule has 2 fully saturated rings. The molecule has 4 aromatic rings. The van der Waals surface area contributed by atoms with Gasteiger partial charge in [0, 0.05) is 27.9 Å². The molecule has 2 aromatic heterocycles. The molecule has 14 nitrogen and oxygen atoms in total. The number of hydrogen-bond donors (Lipinski definition) is 9. The zero-order valence-corrected chi connectivity index (χ0v) is 23.6. The Hall–Kier alpha value is -3.12. The molecule has 10 unspecified atom stereocenters. The van der Waals surface area contributed by atoms with Gasteiger partial charge in [-0.1, -0.05) is 29.8 Å². The lowest BCUT2D eigenvalue weighted by Crippen LogP contribution is -2.60. The smallest absolute Gasteiger partial charge is 0.230 e. The molecule has 6 rings (SSSR count). The second-order valence-corrected chi connectivity index (χ2v) is 11.1. The fraction of sp³-hybridized carbons (Fsp3) is 0.414. The quantitative estimate of drug-likeness (QED) is 0.124. The molecule has 2 aliphatic rings. The van der Waals surface area contributed by atoms with E-state index in [0.717, 1.165) is 0 Å². The van der Waals surface area contributed by atoms with Gasteiger partial charge in [-0.25, -0.2) is 4.98 Å². The van der Waals surface area contributed by atoms with Crippen LogP contribution in [0.15, 0.2) is 48.5 Å². The number of rotatable bonds is 7. The third-order valence-electron chi connectivity index (χ3n) is 7.83. The number of para-hydroxylation sites is 1. The maximum absolute atomic E-state index is 10.4. The molecular weight excluding hydrogens is 604 g/mol. The van der Waals surface area contributed by atoms with E-state index in [4.69, 9.17) is 35.5 Å². The number of pyridine rings is 1. The zero-order valence-electron chi connectivity index (χ0n) is 22.8. The standard InChI is InChI=1S/C29H31ClN2O12/c30-14-8-16-12(7-20(31-16)44-29-27(40)25(38)23(36)19(10-34)43-29)6-13(14)15-5-4-11-2-1-3-17(21(11)32-15)41-28-26(39)24(37)22(35)18(9-33)42-28/h1-8,18-19,22-29,31,33-40H,9-10H2. The molecule has 0 saturated carbocycles. The summed E-state index contributed by atoms with van der Waals surface area (Å²) >= 11 is 6.65. The number of nitrogens with zero attached hydrogens (tertiary/aromatic N) is 1. The number of H-pyrrole nitrogens is 1. The number of halogens is 1. The van der Waals surface area contributed by atoms with Crippen molar-refractivity contribution >= 4 is 33.4 Å². The van der Waals surface area contributed by atoms with Crippen LogP contribution >= 0.6 is 11.6 Å². The summed E-state index contributed by atoms with van der Waals surface area (Å²) in [7, 11) is 0. The van der Waals surface area contributed by atoms with Crippen molar-refractivity contribution in [2.75, 3.05) is 13.2 Å². The Labute approximate surface area is 254 Å². The molecule has 0 aliphatic carbocycles. The van der Waals surface area contributed by atoms with Crippen LogP contribution in [0.5, 0.6) is 11.6 Å². The summed E-state index contributed by atoms with van der Waals surface area (Å²) in [5, 5.41) is 81.7. The Morgan fingerprint density at radius 2 is 1.36 bits per heavy atom. The highest BCUT2D eigenvalue weighted by Gasteiger charge is 2.46. The predicted octanol–water partition coefficient (Wildman–Crippen LogP) is -0.606. The molecule has 2 aromatic carbocycles. The third kappa shape index (κ3) is 5.59. The molecule has 15 heteroatoms. The number of benzene rings is 2. The maximum Gasteiger partial charge on any atom is 0.230 e. The van der Waals surface area contributed by atoms with E-state index in [1.54, 1.807) is 48.5 Å². The number of aliphatic hydroxyl groups excluding tert-OH is 8. The minimum Gasteiger partial charge on any atom is -0.460 e. The van der Waals surface area contributed by atoms with Gasteiger partial charge in [-0.05, 0) is 24.3 Å². The maximum atomic E-state index is 10.4. The van der Waals surface area contributed by atoms with Gasteiger partial charge in [-0.3, -0.25) is 0 Å². The first-order chi connectivity index (χ1) is 21.1. The van der Waals surface area contributed by atoms with Crippen LogP contribution in [-0.4, -0.2) is 125 Å². The van der Waals surface area contributed by atoms with Crippen LogP contribution in [0.4, 0.5) is 0 Å². The molecule has 4 heterocycles. The Bertz CT molecular complexity index is 1630. The van der Waals surface area contributed by atoms with Gasteiger partial charge >= 0.3 is 0 Å². The van der Waals surface area contributed by atoms with Crippen molar-refractivity contribution in [1.82, 2.24) is 9.97 Å². The van der Waals surface area contributed by atoms with Crippen LogP contribution in [0.25, 0.3) is 33.1 Å². The Kier molecular flexibility index (Phi) is 8.67. The van der Waals surface area contributed by atoms with Crippen LogP contribution < -0.4 is 9.47 Å². The molecule has 0 radical (unpaired) electrons. The molecule has 9 N–H and O–H groups in total. The van der Waals surface area contributed by atoms with E-state index < -0.39 is 74.6 Å². The summed E-state index contributed by atoms with van der Waals surface area (Å²) in [4.78, 5) is 7.75.